The first-order valence-electron chi connectivity index (χ1n) is 11.0. The third kappa shape index (κ3) is 5.68. The Morgan fingerprint density at radius 2 is 1.76 bits per heavy atom. The van der Waals surface area contributed by atoms with E-state index in [1.165, 1.54) is 6.26 Å². The minimum Gasteiger partial charge on any atom is -0.481 e. The molecule has 0 saturated carbocycles. The lowest BCUT2D eigenvalue weighted by atomic mass is 10.0. The van der Waals surface area contributed by atoms with E-state index in [-0.39, 0.29) is 17.3 Å². The summed E-state index contributed by atoms with van der Waals surface area (Å²) in [5.74, 6) is 1.69. The second kappa shape index (κ2) is 10.5. The van der Waals surface area contributed by atoms with Gasteiger partial charge in [-0.05, 0) is 48.7 Å². The normalized spacial score (nSPS) is 11.2. The van der Waals surface area contributed by atoms with Gasteiger partial charge in [-0.2, -0.15) is 0 Å². The van der Waals surface area contributed by atoms with E-state index in [1.54, 1.807) is 44.0 Å². The van der Waals surface area contributed by atoms with Crippen LogP contribution in [0.1, 0.15) is 17.0 Å². The molecule has 10 nitrogen and oxygen atoms in total. The van der Waals surface area contributed by atoms with E-state index < -0.39 is 9.84 Å². The summed E-state index contributed by atoms with van der Waals surface area (Å²) in [5.41, 5.74) is 5.28. The maximum atomic E-state index is 11.8. The van der Waals surface area contributed by atoms with Crippen molar-refractivity contribution < 1.29 is 13.2 Å². The van der Waals surface area contributed by atoms with Gasteiger partial charge in [0.25, 0.3) is 0 Å². The number of sulfone groups is 1. The quantitative estimate of drug-likeness (QED) is 0.311. The number of aromatic nitrogens is 6. The number of rotatable bonds is 7. The summed E-state index contributed by atoms with van der Waals surface area (Å²) in [6, 6.07) is 12.5. The van der Waals surface area contributed by atoms with Crippen LogP contribution in [0, 0.1) is 6.92 Å². The third-order valence-corrected chi connectivity index (χ3v) is 6.69. The number of imidazole rings is 1. The first-order valence-corrected chi connectivity index (χ1v) is 12.9. The monoisotopic (exact) mass is 537 g/mol. The highest BCUT2D eigenvalue weighted by Gasteiger charge is 2.17. The summed E-state index contributed by atoms with van der Waals surface area (Å²) in [7, 11) is -1.69. The molecule has 0 aliphatic carbocycles. The number of fused-ring (bicyclic) bond motifs is 1. The van der Waals surface area contributed by atoms with Crippen LogP contribution in [-0.2, 0) is 16.3 Å². The molecule has 0 atom stereocenters. The van der Waals surface area contributed by atoms with Crippen LogP contribution in [0.3, 0.4) is 0 Å². The van der Waals surface area contributed by atoms with E-state index in [9.17, 15) is 8.42 Å². The number of anilines is 2. The Morgan fingerprint density at radius 1 is 0.973 bits per heavy atom. The molecule has 0 radical (unpaired) electrons. The summed E-state index contributed by atoms with van der Waals surface area (Å²) in [4.78, 5) is 25.8. The number of aromatic amines is 1. The number of pyridine rings is 2. The summed E-state index contributed by atoms with van der Waals surface area (Å²) >= 11 is 0. The van der Waals surface area contributed by atoms with Gasteiger partial charge in [0.15, 0.2) is 15.5 Å². The predicted molar refractivity (Wildman–Crippen MR) is 143 cm³/mol. The van der Waals surface area contributed by atoms with Crippen molar-refractivity contribution in [2.45, 2.75) is 18.2 Å². The van der Waals surface area contributed by atoms with Gasteiger partial charge in [-0.25, -0.2) is 33.3 Å². The average molecular weight is 538 g/mol. The summed E-state index contributed by atoms with van der Waals surface area (Å²) in [6.07, 6.45) is 6.79. The second-order valence-corrected chi connectivity index (χ2v) is 10.3. The molecule has 0 fully saturated rings. The van der Waals surface area contributed by atoms with Gasteiger partial charge in [-0.1, -0.05) is 12.1 Å². The van der Waals surface area contributed by atoms with Crippen molar-refractivity contribution in [2.24, 2.45) is 0 Å². The SMILES string of the molecule is COc1ccc(Nc2ncc(Cc3ccc(S(C)(=O)=O)cc3)cc2-c2nc(C)nc3[nH]cnc23)cn1.Cl. The van der Waals surface area contributed by atoms with Gasteiger partial charge >= 0.3 is 0 Å². The molecule has 5 rings (SSSR count). The van der Waals surface area contributed by atoms with Crippen LogP contribution in [0.4, 0.5) is 11.5 Å². The summed E-state index contributed by atoms with van der Waals surface area (Å²) in [5, 5.41) is 3.32. The fourth-order valence-corrected chi connectivity index (χ4v) is 4.45. The molecular formula is C25H24ClN7O3S. The maximum absolute atomic E-state index is 11.8. The van der Waals surface area contributed by atoms with E-state index in [4.69, 9.17) is 9.72 Å². The number of nitrogens with zero attached hydrogens (tertiary/aromatic N) is 5. The smallest absolute Gasteiger partial charge is 0.213 e. The highest BCUT2D eigenvalue weighted by atomic mass is 35.5. The Kier molecular flexibility index (Phi) is 7.37. The molecule has 4 heterocycles. The molecule has 5 aromatic rings. The number of hydrogen-bond acceptors (Lipinski definition) is 9. The molecule has 0 saturated heterocycles. The largest absolute Gasteiger partial charge is 0.481 e. The molecule has 37 heavy (non-hydrogen) atoms. The number of ether oxygens (including phenoxy) is 1. The third-order valence-electron chi connectivity index (χ3n) is 5.56. The van der Waals surface area contributed by atoms with E-state index in [1.807, 2.05) is 31.2 Å². The van der Waals surface area contributed by atoms with Crippen LogP contribution in [0.15, 0.2) is 66.1 Å². The first-order chi connectivity index (χ1) is 17.3. The van der Waals surface area contributed by atoms with Crippen LogP contribution < -0.4 is 10.1 Å². The number of nitrogens with one attached hydrogen (secondary N) is 2. The molecular weight excluding hydrogens is 514 g/mol. The Balaban J connectivity index is 0.00000320. The first kappa shape index (κ1) is 26.0. The van der Waals surface area contributed by atoms with Crippen molar-refractivity contribution in [1.82, 2.24) is 29.9 Å². The lowest BCUT2D eigenvalue weighted by Gasteiger charge is -2.14. The molecule has 0 aliphatic rings. The molecule has 2 N–H and O–H groups in total. The number of H-pyrrole nitrogens is 1. The Hall–Kier alpha value is -4.09. The molecule has 0 unspecified atom stereocenters. The van der Waals surface area contributed by atoms with Gasteiger partial charge < -0.3 is 15.0 Å². The number of benzene rings is 1. The Labute approximate surface area is 219 Å². The second-order valence-electron chi connectivity index (χ2n) is 8.27. The minimum absolute atomic E-state index is 0. The van der Waals surface area contributed by atoms with Gasteiger partial charge in [0, 0.05) is 24.1 Å². The number of halogens is 1. The highest BCUT2D eigenvalue weighted by Crippen LogP contribution is 2.32. The number of hydrogen-bond donors (Lipinski definition) is 2. The zero-order chi connectivity index (χ0) is 25.3. The summed E-state index contributed by atoms with van der Waals surface area (Å²) in [6.45, 7) is 1.82. The molecule has 1 aromatic carbocycles. The zero-order valence-corrected chi connectivity index (χ0v) is 21.9. The van der Waals surface area contributed by atoms with Crippen molar-refractivity contribution in [2.75, 3.05) is 18.7 Å². The fourth-order valence-electron chi connectivity index (χ4n) is 3.82. The molecule has 4 aromatic heterocycles. The molecule has 0 amide bonds. The van der Waals surface area contributed by atoms with E-state index >= 15 is 0 Å². The van der Waals surface area contributed by atoms with Crippen molar-refractivity contribution in [1.29, 1.82) is 0 Å². The van der Waals surface area contributed by atoms with Gasteiger partial charge in [-0.3, -0.25) is 0 Å². The van der Waals surface area contributed by atoms with Crippen molar-refractivity contribution in [3.05, 3.63) is 78.1 Å². The standard InChI is InChI=1S/C25H23N7O3S.ClH/c1-15-30-22(23-25(31-15)29-14-28-23)20-11-17(10-16-4-7-19(8-5-16)36(3,33)34)12-27-24(20)32-18-6-9-21(35-2)26-13-18;/h4-9,11-14H,10H2,1-3H3,(H,27,32)(H,28,29,30,31);1H. The Bertz CT molecular complexity index is 1650. The lowest BCUT2D eigenvalue weighted by Crippen LogP contribution is -2.02. The predicted octanol–water partition coefficient (Wildman–Crippen LogP) is 4.29. The number of methoxy groups -OCH3 is 1. The number of aryl methyl sites for hydroxylation is 1. The van der Waals surface area contributed by atoms with Crippen molar-refractivity contribution in [3.8, 4) is 17.1 Å². The Morgan fingerprint density at radius 3 is 2.43 bits per heavy atom. The molecule has 0 spiro atoms. The van der Waals surface area contributed by atoms with Gasteiger partial charge in [0.1, 0.15) is 22.9 Å². The van der Waals surface area contributed by atoms with Crippen LogP contribution in [0.5, 0.6) is 5.88 Å². The van der Waals surface area contributed by atoms with E-state index in [2.05, 4.69) is 30.2 Å². The topological polar surface area (TPSA) is 136 Å². The average Bonchev–Trinajstić information content (AvgIpc) is 3.33. The van der Waals surface area contributed by atoms with Crippen LogP contribution in [0.2, 0.25) is 0 Å². The van der Waals surface area contributed by atoms with Crippen LogP contribution in [0.25, 0.3) is 22.4 Å². The van der Waals surface area contributed by atoms with Crippen molar-refractivity contribution >= 4 is 44.9 Å². The van der Waals surface area contributed by atoms with Gasteiger partial charge in [0.2, 0.25) is 5.88 Å². The highest BCUT2D eigenvalue weighted by molar-refractivity contribution is 7.90. The fraction of sp³-hybridized carbons (Fsp3) is 0.160. The van der Waals surface area contributed by atoms with Gasteiger partial charge in [-0.15, -0.1) is 12.4 Å². The molecule has 0 bridgehead atoms. The molecule has 0 aliphatic heterocycles. The maximum Gasteiger partial charge on any atom is 0.213 e. The summed E-state index contributed by atoms with van der Waals surface area (Å²) < 4.78 is 28.7. The molecule has 12 heteroatoms. The zero-order valence-electron chi connectivity index (χ0n) is 20.3. The minimum atomic E-state index is -3.25. The van der Waals surface area contributed by atoms with E-state index in [0.717, 1.165) is 22.4 Å². The van der Waals surface area contributed by atoms with Crippen LogP contribution in [-0.4, -0.2) is 51.7 Å². The van der Waals surface area contributed by atoms with Crippen molar-refractivity contribution in [3.63, 3.8) is 0 Å². The lowest BCUT2D eigenvalue weighted by molar-refractivity contribution is 0.398. The van der Waals surface area contributed by atoms with Gasteiger partial charge in [0.05, 0.1) is 30.2 Å². The van der Waals surface area contributed by atoms with Crippen LogP contribution >= 0.6 is 12.4 Å². The molecule has 190 valence electrons. The van der Waals surface area contributed by atoms with E-state index in [0.29, 0.717) is 40.8 Å².